The van der Waals surface area contributed by atoms with Crippen molar-refractivity contribution in [3.63, 3.8) is 0 Å². The van der Waals surface area contributed by atoms with Gasteiger partial charge in [-0.3, -0.25) is 0 Å². The second kappa shape index (κ2) is 2.52. The van der Waals surface area contributed by atoms with Gasteiger partial charge in [0.05, 0.1) is 0 Å². The number of rotatable bonds is 0. The van der Waals surface area contributed by atoms with Gasteiger partial charge in [0.25, 0.3) is 0 Å². The molecular formula is C5H12NP. The van der Waals surface area contributed by atoms with E-state index in [0.29, 0.717) is 0 Å². The van der Waals surface area contributed by atoms with Crippen LogP contribution in [0.15, 0.2) is 0 Å². The van der Waals surface area contributed by atoms with Crippen LogP contribution in [0.5, 0.6) is 0 Å². The number of hydrogen-bond acceptors (Lipinski definition) is 1. The van der Waals surface area contributed by atoms with Crippen molar-refractivity contribution < 1.29 is 0 Å². The van der Waals surface area contributed by atoms with Crippen LogP contribution in [-0.4, -0.2) is 12.3 Å². The molecule has 0 aromatic carbocycles. The van der Waals surface area contributed by atoms with Crippen LogP contribution in [0.3, 0.4) is 0 Å². The van der Waals surface area contributed by atoms with Crippen molar-refractivity contribution in [2.24, 2.45) is 0 Å². The molecule has 0 bridgehead atoms. The van der Waals surface area contributed by atoms with E-state index in [1.807, 2.05) is 0 Å². The molecule has 1 fully saturated rings. The Balaban J connectivity index is 2.25. The van der Waals surface area contributed by atoms with Crippen LogP contribution < -0.4 is 0 Å². The summed E-state index contributed by atoms with van der Waals surface area (Å²) in [5.41, 5.74) is 0. The SMILES string of the molecule is N=[PH]1CCCCC1. The smallest absolute Gasteiger partial charge is 0.0204 e. The monoisotopic (exact) mass is 117 g/mol. The summed E-state index contributed by atoms with van der Waals surface area (Å²) >= 11 is 0. The minimum absolute atomic E-state index is 0.543. The topological polar surface area (TPSA) is 23.9 Å². The van der Waals surface area contributed by atoms with Gasteiger partial charge in [0.1, 0.15) is 0 Å². The minimum Gasteiger partial charge on any atom is -0.322 e. The molecule has 0 radical (unpaired) electrons. The van der Waals surface area contributed by atoms with Gasteiger partial charge in [-0.05, 0) is 32.9 Å². The van der Waals surface area contributed by atoms with E-state index in [4.69, 9.17) is 5.16 Å². The molecular weight excluding hydrogens is 105 g/mol. The van der Waals surface area contributed by atoms with Gasteiger partial charge < -0.3 is 5.16 Å². The molecule has 1 heterocycles. The van der Waals surface area contributed by atoms with Crippen LogP contribution in [0, 0.1) is 5.16 Å². The summed E-state index contributed by atoms with van der Waals surface area (Å²) in [7, 11) is -0.543. The standard InChI is InChI=1S/C5H12NP/c6-7-4-2-1-3-5-7/h6-7H,1-5H2. The Kier molecular flexibility index (Phi) is 1.93. The Morgan fingerprint density at radius 2 is 1.57 bits per heavy atom. The summed E-state index contributed by atoms with van der Waals surface area (Å²) in [4.78, 5) is 0. The molecule has 7 heavy (non-hydrogen) atoms. The Morgan fingerprint density at radius 3 is 1.86 bits per heavy atom. The van der Waals surface area contributed by atoms with E-state index in [0.717, 1.165) is 0 Å². The molecule has 1 saturated heterocycles. The fourth-order valence-corrected chi connectivity index (χ4v) is 2.58. The van der Waals surface area contributed by atoms with Gasteiger partial charge in [-0.1, -0.05) is 6.42 Å². The highest BCUT2D eigenvalue weighted by molar-refractivity contribution is 7.45. The number of hydrogen-bond donors (Lipinski definition) is 1. The summed E-state index contributed by atoms with van der Waals surface area (Å²) in [5.74, 6) is 0. The third-order valence-corrected chi connectivity index (χ3v) is 3.37. The summed E-state index contributed by atoms with van der Waals surface area (Å²) in [5, 5.41) is 7.37. The van der Waals surface area contributed by atoms with Crippen molar-refractivity contribution >= 4 is 7.71 Å². The first-order chi connectivity index (χ1) is 3.39. The van der Waals surface area contributed by atoms with Crippen LogP contribution in [0.25, 0.3) is 0 Å². The Morgan fingerprint density at radius 1 is 1.00 bits per heavy atom. The highest BCUT2D eigenvalue weighted by Gasteiger charge is 2.01. The molecule has 1 aliphatic heterocycles. The van der Waals surface area contributed by atoms with Gasteiger partial charge in [-0.25, -0.2) is 0 Å². The van der Waals surface area contributed by atoms with Gasteiger partial charge in [-0.15, -0.1) is 0 Å². The van der Waals surface area contributed by atoms with Gasteiger partial charge >= 0.3 is 0 Å². The average molecular weight is 117 g/mol. The Bertz CT molecular complexity index is 72.1. The molecule has 0 aromatic rings. The zero-order chi connectivity index (χ0) is 5.11. The predicted octanol–water partition coefficient (Wildman–Crippen LogP) is 2.15. The third kappa shape index (κ3) is 1.65. The van der Waals surface area contributed by atoms with Gasteiger partial charge in [-0.2, -0.15) is 0 Å². The maximum absolute atomic E-state index is 7.37. The van der Waals surface area contributed by atoms with E-state index in [9.17, 15) is 0 Å². The van der Waals surface area contributed by atoms with E-state index in [-0.39, 0.29) is 0 Å². The Labute approximate surface area is 45.4 Å². The molecule has 1 N–H and O–H groups in total. The first kappa shape index (κ1) is 5.37. The van der Waals surface area contributed by atoms with Crippen molar-refractivity contribution in [2.45, 2.75) is 19.3 Å². The number of nitrogens with one attached hydrogen (secondary N) is 1. The minimum atomic E-state index is -0.543. The zero-order valence-corrected chi connectivity index (χ0v) is 5.54. The second-order valence-electron chi connectivity index (χ2n) is 2.16. The molecule has 42 valence electrons. The van der Waals surface area contributed by atoms with E-state index < -0.39 is 7.71 Å². The first-order valence-electron chi connectivity index (χ1n) is 2.96. The highest BCUT2D eigenvalue weighted by atomic mass is 31.1. The van der Waals surface area contributed by atoms with Gasteiger partial charge in [0.2, 0.25) is 0 Å². The largest absolute Gasteiger partial charge is 0.322 e. The van der Waals surface area contributed by atoms with E-state index in [1.165, 1.54) is 31.6 Å². The molecule has 1 aliphatic rings. The van der Waals surface area contributed by atoms with Crippen molar-refractivity contribution in [2.75, 3.05) is 12.3 Å². The molecule has 0 amide bonds. The normalized spacial score (nSPS) is 25.1. The van der Waals surface area contributed by atoms with Crippen LogP contribution in [0.2, 0.25) is 0 Å². The maximum atomic E-state index is 7.37. The fourth-order valence-electron chi connectivity index (χ4n) is 0.979. The zero-order valence-electron chi connectivity index (χ0n) is 4.54. The maximum Gasteiger partial charge on any atom is -0.0204 e. The lowest BCUT2D eigenvalue weighted by Crippen LogP contribution is -1.91. The van der Waals surface area contributed by atoms with Crippen molar-refractivity contribution in [1.29, 1.82) is 5.16 Å². The summed E-state index contributed by atoms with van der Waals surface area (Å²) < 4.78 is 0. The van der Waals surface area contributed by atoms with E-state index in [2.05, 4.69) is 0 Å². The lowest BCUT2D eigenvalue weighted by atomic mass is 10.3. The van der Waals surface area contributed by atoms with Gasteiger partial charge in [0, 0.05) is 0 Å². The molecule has 0 unspecified atom stereocenters. The Hall–Kier alpha value is 0.230. The van der Waals surface area contributed by atoms with Crippen LogP contribution in [-0.2, 0) is 0 Å². The average Bonchev–Trinajstić information content (AvgIpc) is 1.69. The van der Waals surface area contributed by atoms with Gasteiger partial charge in [0.15, 0.2) is 0 Å². The molecule has 0 aromatic heterocycles. The van der Waals surface area contributed by atoms with Crippen LogP contribution in [0.1, 0.15) is 19.3 Å². The van der Waals surface area contributed by atoms with Crippen LogP contribution >= 0.6 is 7.71 Å². The van der Waals surface area contributed by atoms with Crippen molar-refractivity contribution in [3.8, 4) is 0 Å². The molecule has 1 rings (SSSR count). The molecule has 0 aliphatic carbocycles. The fraction of sp³-hybridized carbons (Fsp3) is 1.00. The van der Waals surface area contributed by atoms with E-state index >= 15 is 0 Å². The van der Waals surface area contributed by atoms with Crippen molar-refractivity contribution in [1.82, 2.24) is 0 Å². The lowest BCUT2D eigenvalue weighted by molar-refractivity contribution is 0.754. The molecule has 0 atom stereocenters. The molecule has 2 heteroatoms. The molecule has 1 nitrogen and oxygen atoms in total. The van der Waals surface area contributed by atoms with Crippen molar-refractivity contribution in [3.05, 3.63) is 0 Å². The molecule has 0 spiro atoms. The van der Waals surface area contributed by atoms with Crippen LogP contribution in [0.4, 0.5) is 0 Å². The summed E-state index contributed by atoms with van der Waals surface area (Å²) in [6.07, 6.45) is 6.60. The molecule has 0 saturated carbocycles. The second-order valence-corrected chi connectivity index (χ2v) is 4.37. The lowest BCUT2D eigenvalue weighted by Gasteiger charge is -2.09. The summed E-state index contributed by atoms with van der Waals surface area (Å²) in [6.45, 7) is 0. The predicted molar refractivity (Wildman–Crippen MR) is 34.6 cm³/mol. The highest BCUT2D eigenvalue weighted by Crippen LogP contribution is 2.29. The van der Waals surface area contributed by atoms with E-state index in [1.54, 1.807) is 0 Å². The first-order valence-corrected chi connectivity index (χ1v) is 4.87. The third-order valence-electron chi connectivity index (χ3n) is 1.46. The summed E-state index contributed by atoms with van der Waals surface area (Å²) in [6, 6.07) is 0. The quantitative estimate of drug-likeness (QED) is 0.470.